The Morgan fingerprint density at radius 2 is 2.08 bits per heavy atom. The fraction of sp³-hybridized carbons (Fsp3) is 0.500. The number of likely N-dealkylation sites (tertiary alicyclic amines) is 1. The zero-order chi connectivity index (χ0) is 17.3. The van der Waals surface area contributed by atoms with E-state index in [9.17, 15) is 4.79 Å². The molecule has 1 fully saturated rings. The van der Waals surface area contributed by atoms with Gasteiger partial charge in [-0.2, -0.15) is 5.10 Å². The van der Waals surface area contributed by atoms with Crippen molar-refractivity contribution in [3.8, 4) is 0 Å². The molecule has 0 spiro atoms. The van der Waals surface area contributed by atoms with Crippen LogP contribution in [0.1, 0.15) is 31.2 Å². The smallest absolute Gasteiger partial charge is 0.221 e. The summed E-state index contributed by atoms with van der Waals surface area (Å²) in [5.41, 5.74) is 1.26. The van der Waals surface area contributed by atoms with Crippen LogP contribution in [0.25, 0.3) is 0 Å². The average Bonchev–Trinajstić information content (AvgIpc) is 3.15. The molecule has 0 aliphatic carbocycles. The Morgan fingerprint density at radius 1 is 1.20 bits per heavy atom. The third-order valence-electron chi connectivity index (χ3n) is 4.91. The van der Waals surface area contributed by atoms with Gasteiger partial charge in [-0.25, -0.2) is 0 Å². The number of nitrogens with zero attached hydrogens (tertiary/aromatic N) is 3. The Morgan fingerprint density at radius 3 is 2.88 bits per heavy atom. The quantitative estimate of drug-likeness (QED) is 0.803. The van der Waals surface area contributed by atoms with Crippen LogP contribution in [0.2, 0.25) is 0 Å². The van der Waals surface area contributed by atoms with Crippen molar-refractivity contribution in [1.82, 2.24) is 20.0 Å². The fourth-order valence-electron chi connectivity index (χ4n) is 3.51. The molecule has 134 valence electrons. The highest BCUT2D eigenvalue weighted by Crippen LogP contribution is 2.18. The lowest BCUT2D eigenvalue weighted by molar-refractivity contribution is -0.121. The second-order valence-corrected chi connectivity index (χ2v) is 6.75. The lowest BCUT2D eigenvalue weighted by Gasteiger charge is -2.35. The summed E-state index contributed by atoms with van der Waals surface area (Å²) in [6, 6.07) is 12.7. The second kappa shape index (κ2) is 9.37. The van der Waals surface area contributed by atoms with Crippen LogP contribution in [-0.4, -0.2) is 46.3 Å². The zero-order valence-electron chi connectivity index (χ0n) is 14.8. The number of aromatic nitrogens is 2. The summed E-state index contributed by atoms with van der Waals surface area (Å²) < 4.78 is 2.00. The number of hydrogen-bond donors (Lipinski definition) is 1. The van der Waals surface area contributed by atoms with Gasteiger partial charge < -0.3 is 5.32 Å². The van der Waals surface area contributed by atoms with Gasteiger partial charge in [0, 0.05) is 37.9 Å². The van der Waals surface area contributed by atoms with E-state index in [1.807, 2.05) is 41.3 Å². The Labute approximate surface area is 150 Å². The van der Waals surface area contributed by atoms with E-state index >= 15 is 0 Å². The van der Waals surface area contributed by atoms with Crippen molar-refractivity contribution < 1.29 is 4.79 Å². The summed E-state index contributed by atoms with van der Waals surface area (Å²) in [6.45, 7) is 3.55. The predicted molar refractivity (Wildman–Crippen MR) is 99.2 cm³/mol. The van der Waals surface area contributed by atoms with E-state index in [4.69, 9.17) is 0 Å². The van der Waals surface area contributed by atoms with Crippen molar-refractivity contribution in [2.45, 2.75) is 44.7 Å². The van der Waals surface area contributed by atoms with Gasteiger partial charge in [0.05, 0.1) is 6.54 Å². The predicted octanol–water partition coefficient (Wildman–Crippen LogP) is 2.49. The molecule has 0 bridgehead atoms. The van der Waals surface area contributed by atoms with Crippen LogP contribution in [0.4, 0.5) is 0 Å². The first kappa shape index (κ1) is 17.7. The van der Waals surface area contributed by atoms with E-state index in [1.54, 1.807) is 0 Å². The maximum atomic E-state index is 12.1. The van der Waals surface area contributed by atoms with Crippen molar-refractivity contribution in [2.24, 2.45) is 0 Å². The van der Waals surface area contributed by atoms with E-state index in [1.165, 1.54) is 24.8 Å². The first-order valence-electron chi connectivity index (χ1n) is 9.33. The zero-order valence-corrected chi connectivity index (χ0v) is 14.8. The van der Waals surface area contributed by atoms with Gasteiger partial charge in [0.25, 0.3) is 0 Å². The molecule has 1 aromatic carbocycles. The van der Waals surface area contributed by atoms with Gasteiger partial charge in [0.2, 0.25) is 5.91 Å². The first-order chi connectivity index (χ1) is 12.3. The van der Waals surface area contributed by atoms with Crippen LogP contribution < -0.4 is 5.32 Å². The molecule has 3 rings (SSSR count). The molecule has 1 aliphatic rings. The van der Waals surface area contributed by atoms with E-state index in [0.29, 0.717) is 19.0 Å². The molecule has 5 heteroatoms. The standard InChI is InChI=1S/C20H28N4O/c25-20(21-13-10-18-7-2-1-3-8-18)11-16-23-14-5-4-9-19(23)17-24-15-6-12-22-24/h1-3,6-8,12,15,19H,4-5,9-11,13-14,16-17H2,(H,21,25). The van der Waals surface area contributed by atoms with Crippen LogP contribution in [0.3, 0.4) is 0 Å². The molecule has 1 N–H and O–H groups in total. The maximum Gasteiger partial charge on any atom is 0.221 e. The van der Waals surface area contributed by atoms with E-state index in [-0.39, 0.29) is 5.91 Å². The molecule has 2 aromatic rings. The van der Waals surface area contributed by atoms with E-state index in [2.05, 4.69) is 27.4 Å². The Bertz CT molecular complexity index is 626. The average molecular weight is 340 g/mol. The SMILES string of the molecule is O=C(CCN1CCCCC1Cn1cccn1)NCCc1ccccc1. The van der Waals surface area contributed by atoms with Crippen molar-refractivity contribution >= 4 is 5.91 Å². The summed E-state index contributed by atoms with van der Waals surface area (Å²) in [6.07, 6.45) is 8.99. The molecule has 5 nitrogen and oxygen atoms in total. The molecule has 1 saturated heterocycles. The van der Waals surface area contributed by atoms with Gasteiger partial charge in [0.1, 0.15) is 0 Å². The summed E-state index contributed by atoms with van der Waals surface area (Å²) >= 11 is 0. The number of carbonyl (C=O) groups excluding carboxylic acids is 1. The number of hydrogen-bond acceptors (Lipinski definition) is 3. The van der Waals surface area contributed by atoms with Gasteiger partial charge in [-0.15, -0.1) is 0 Å². The van der Waals surface area contributed by atoms with Crippen LogP contribution in [-0.2, 0) is 17.8 Å². The molecule has 2 heterocycles. The number of carbonyl (C=O) groups is 1. The van der Waals surface area contributed by atoms with Gasteiger partial charge in [-0.05, 0) is 37.4 Å². The second-order valence-electron chi connectivity index (χ2n) is 6.75. The molecule has 1 aliphatic heterocycles. The number of piperidine rings is 1. The molecule has 1 amide bonds. The number of benzene rings is 1. The molecule has 0 saturated carbocycles. The third kappa shape index (κ3) is 5.71. The molecule has 0 radical (unpaired) electrons. The minimum Gasteiger partial charge on any atom is -0.356 e. The first-order valence-corrected chi connectivity index (χ1v) is 9.33. The van der Waals surface area contributed by atoms with Crippen LogP contribution in [0.15, 0.2) is 48.8 Å². The van der Waals surface area contributed by atoms with Crippen molar-refractivity contribution in [3.63, 3.8) is 0 Å². The van der Waals surface area contributed by atoms with E-state index in [0.717, 1.165) is 26.1 Å². The van der Waals surface area contributed by atoms with Crippen LogP contribution >= 0.6 is 0 Å². The third-order valence-corrected chi connectivity index (χ3v) is 4.91. The number of nitrogens with one attached hydrogen (secondary N) is 1. The van der Waals surface area contributed by atoms with Crippen molar-refractivity contribution in [1.29, 1.82) is 0 Å². The summed E-state index contributed by atoms with van der Waals surface area (Å²) in [7, 11) is 0. The molecule has 1 unspecified atom stereocenters. The lowest BCUT2D eigenvalue weighted by Crippen LogP contribution is -2.44. The summed E-state index contributed by atoms with van der Waals surface area (Å²) in [5.74, 6) is 0.152. The van der Waals surface area contributed by atoms with Gasteiger partial charge in [0.15, 0.2) is 0 Å². The van der Waals surface area contributed by atoms with E-state index < -0.39 is 0 Å². The highest BCUT2D eigenvalue weighted by atomic mass is 16.1. The highest BCUT2D eigenvalue weighted by Gasteiger charge is 2.23. The summed E-state index contributed by atoms with van der Waals surface area (Å²) in [5, 5.41) is 7.37. The van der Waals surface area contributed by atoms with Crippen molar-refractivity contribution in [3.05, 3.63) is 54.4 Å². The molecule has 1 atom stereocenters. The van der Waals surface area contributed by atoms with Crippen molar-refractivity contribution in [2.75, 3.05) is 19.6 Å². The van der Waals surface area contributed by atoms with Crippen LogP contribution in [0, 0.1) is 0 Å². The van der Waals surface area contributed by atoms with Gasteiger partial charge >= 0.3 is 0 Å². The van der Waals surface area contributed by atoms with Gasteiger partial charge in [-0.3, -0.25) is 14.4 Å². The molecular formula is C20H28N4O. The molecule has 1 aromatic heterocycles. The van der Waals surface area contributed by atoms with Gasteiger partial charge in [-0.1, -0.05) is 36.8 Å². The topological polar surface area (TPSA) is 50.2 Å². The largest absolute Gasteiger partial charge is 0.356 e. The minimum absolute atomic E-state index is 0.152. The van der Waals surface area contributed by atoms with Crippen LogP contribution in [0.5, 0.6) is 0 Å². The normalized spacial score (nSPS) is 18.2. The molecule has 25 heavy (non-hydrogen) atoms. The lowest BCUT2D eigenvalue weighted by atomic mass is 10.0. The Hall–Kier alpha value is -2.14. The minimum atomic E-state index is 0.152. The highest BCUT2D eigenvalue weighted by molar-refractivity contribution is 5.76. The monoisotopic (exact) mass is 340 g/mol. The molecular weight excluding hydrogens is 312 g/mol. The Kier molecular flexibility index (Phi) is 6.63. The Balaban J connectivity index is 1.39. The fourth-order valence-corrected chi connectivity index (χ4v) is 3.51. The number of amides is 1. The maximum absolute atomic E-state index is 12.1. The summed E-state index contributed by atoms with van der Waals surface area (Å²) in [4.78, 5) is 14.6. The number of rotatable bonds is 8.